The number of hydrogen-bond donors (Lipinski definition) is 2. The molecule has 0 bridgehead atoms. The van der Waals surface area contributed by atoms with Crippen molar-refractivity contribution in [1.82, 2.24) is 10.2 Å². The standard InChI is InChI=1S/C19H20N4O2/c1-13-2-7-16-17(12-13)21-22-18(16)20-19(24)14-3-5-15(6-4-14)23-8-10-25-11-9-23/h2-7,12H,8-11H2,1H3,(H2,20,21,22,24). The van der Waals surface area contributed by atoms with Crippen LogP contribution in [0.3, 0.4) is 0 Å². The van der Waals surface area contributed by atoms with Crippen molar-refractivity contribution in [2.24, 2.45) is 0 Å². The van der Waals surface area contributed by atoms with E-state index in [0.29, 0.717) is 11.4 Å². The Labute approximate surface area is 145 Å². The monoisotopic (exact) mass is 336 g/mol. The first-order valence-corrected chi connectivity index (χ1v) is 8.39. The van der Waals surface area contributed by atoms with Crippen LogP contribution < -0.4 is 10.2 Å². The maximum atomic E-state index is 12.5. The Morgan fingerprint density at radius 1 is 1.16 bits per heavy atom. The third-order valence-corrected chi connectivity index (χ3v) is 4.46. The van der Waals surface area contributed by atoms with E-state index in [1.54, 1.807) is 0 Å². The van der Waals surface area contributed by atoms with Crippen molar-refractivity contribution in [1.29, 1.82) is 0 Å². The number of ether oxygens (including phenoxy) is 1. The predicted octanol–water partition coefficient (Wildman–Crippen LogP) is 2.96. The van der Waals surface area contributed by atoms with Gasteiger partial charge in [-0.25, -0.2) is 0 Å². The SMILES string of the molecule is Cc1ccc2c(NC(=O)c3ccc(N4CCOCC4)cc3)n[nH]c2c1. The highest BCUT2D eigenvalue weighted by Gasteiger charge is 2.14. The summed E-state index contributed by atoms with van der Waals surface area (Å²) in [4.78, 5) is 14.8. The molecule has 1 amide bonds. The molecule has 2 N–H and O–H groups in total. The number of H-pyrrole nitrogens is 1. The number of fused-ring (bicyclic) bond motifs is 1. The summed E-state index contributed by atoms with van der Waals surface area (Å²) in [5.74, 6) is 0.389. The number of hydrogen-bond acceptors (Lipinski definition) is 4. The fourth-order valence-corrected chi connectivity index (χ4v) is 3.05. The molecule has 0 atom stereocenters. The van der Waals surface area contributed by atoms with Gasteiger partial charge in [0, 0.05) is 29.7 Å². The van der Waals surface area contributed by atoms with Crippen LogP contribution in [-0.2, 0) is 4.74 Å². The molecule has 25 heavy (non-hydrogen) atoms. The first-order chi connectivity index (χ1) is 12.2. The smallest absolute Gasteiger partial charge is 0.256 e. The van der Waals surface area contributed by atoms with Crippen LogP contribution in [0.2, 0.25) is 0 Å². The van der Waals surface area contributed by atoms with Gasteiger partial charge in [-0.3, -0.25) is 9.89 Å². The molecule has 6 heteroatoms. The Balaban J connectivity index is 1.50. The van der Waals surface area contributed by atoms with Crippen LogP contribution >= 0.6 is 0 Å². The van der Waals surface area contributed by atoms with Crippen molar-refractivity contribution in [3.63, 3.8) is 0 Å². The van der Waals surface area contributed by atoms with E-state index in [4.69, 9.17) is 4.74 Å². The van der Waals surface area contributed by atoms with E-state index < -0.39 is 0 Å². The molecule has 1 aliphatic rings. The summed E-state index contributed by atoms with van der Waals surface area (Å²) in [7, 11) is 0. The third-order valence-electron chi connectivity index (χ3n) is 4.46. The Kier molecular flexibility index (Phi) is 4.11. The Morgan fingerprint density at radius 3 is 2.68 bits per heavy atom. The second-order valence-electron chi connectivity index (χ2n) is 6.22. The highest BCUT2D eigenvalue weighted by molar-refractivity contribution is 6.08. The number of amides is 1. The van der Waals surface area contributed by atoms with Gasteiger partial charge in [0.15, 0.2) is 5.82 Å². The number of aromatic amines is 1. The molecule has 1 aromatic heterocycles. The average molecular weight is 336 g/mol. The molecule has 0 aliphatic carbocycles. The van der Waals surface area contributed by atoms with Crippen molar-refractivity contribution >= 4 is 28.3 Å². The summed E-state index contributed by atoms with van der Waals surface area (Å²) in [6.07, 6.45) is 0. The van der Waals surface area contributed by atoms with Gasteiger partial charge < -0.3 is 15.0 Å². The van der Waals surface area contributed by atoms with Gasteiger partial charge in [0.25, 0.3) is 5.91 Å². The number of aryl methyl sites for hydroxylation is 1. The second-order valence-corrected chi connectivity index (χ2v) is 6.22. The van der Waals surface area contributed by atoms with E-state index in [9.17, 15) is 4.79 Å². The van der Waals surface area contributed by atoms with Gasteiger partial charge >= 0.3 is 0 Å². The number of aromatic nitrogens is 2. The van der Waals surface area contributed by atoms with Crippen LogP contribution in [0.15, 0.2) is 42.5 Å². The van der Waals surface area contributed by atoms with Gasteiger partial charge in [0.1, 0.15) is 0 Å². The zero-order chi connectivity index (χ0) is 17.2. The minimum absolute atomic E-state index is 0.164. The first-order valence-electron chi connectivity index (χ1n) is 8.39. The maximum absolute atomic E-state index is 12.5. The largest absolute Gasteiger partial charge is 0.378 e. The molecule has 0 spiro atoms. The molecule has 128 valence electrons. The lowest BCUT2D eigenvalue weighted by Gasteiger charge is -2.28. The Hall–Kier alpha value is -2.86. The van der Waals surface area contributed by atoms with E-state index in [2.05, 4.69) is 20.4 Å². The minimum atomic E-state index is -0.164. The number of nitrogens with zero attached hydrogens (tertiary/aromatic N) is 2. The topological polar surface area (TPSA) is 70.2 Å². The van der Waals surface area contributed by atoms with Crippen molar-refractivity contribution in [2.75, 3.05) is 36.5 Å². The molecular formula is C19H20N4O2. The maximum Gasteiger partial charge on any atom is 0.256 e. The lowest BCUT2D eigenvalue weighted by Crippen LogP contribution is -2.36. The molecule has 0 radical (unpaired) electrons. The minimum Gasteiger partial charge on any atom is -0.378 e. The van der Waals surface area contributed by atoms with E-state index >= 15 is 0 Å². The lowest BCUT2D eigenvalue weighted by molar-refractivity contribution is 0.102. The third kappa shape index (κ3) is 3.21. The summed E-state index contributed by atoms with van der Waals surface area (Å²) in [6.45, 7) is 5.27. The highest BCUT2D eigenvalue weighted by Crippen LogP contribution is 2.22. The molecule has 1 saturated heterocycles. The molecule has 2 aromatic carbocycles. The van der Waals surface area contributed by atoms with E-state index in [-0.39, 0.29) is 5.91 Å². The number of rotatable bonds is 3. The summed E-state index contributed by atoms with van der Waals surface area (Å²) in [6, 6.07) is 13.6. The number of morpholine rings is 1. The number of carbonyl (C=O) groups excluding carboxylic acids is 1. The van der Waals surface area contributed by atoms with Crippen molar-refractivity contribution in [2.45, 2.75) is 6.92 Å². The normalized spacial score (nSPS) is 14.7. The van der Waals surface area contributed by atoms with Crippen molar-refractivity contribution in [3.05, 3.63) is 53.6 Å². The molecule has 1 fully saturated rings. The zero-order valence-electron chi connectivity index (χ0n) is 14.1. The quantitative estimate of drug-likeness (QED) is 0.771. The summed E-state index contributed by atoms with van der Waals surface area (Å²) < 4.78 is 5.37. The molecular weight excluding hydrogens is 316 g/mol. The van der Waals surface area contributed by atoms with Crippen molar-refractivity contribution in [3.8, 4) is 0 Å². The lowest BCUT2D eigenvalue weighted by atomic mass is 10.1. The molecule has 6 nitrogen and oxygen atoms in total. The van der Waals surface area contributed by atoms with Crippen LogP contribution in [0.4, 0.5) is 11.5 Å². The molecule has 0 saturated carbocycles. The van der Waals surface area contributed by atoms with Crippen molar-refractivity contribution < 1.29 is 9.53 Å². The number of nitrogens with one attached hydrogen (secondary N) is 2. The van der Waals surface area contributed by atoms with Crippen LogP contribution in [0.1, 0.15) is 15.9 Å². The van der Waals surface area contributed by atoms with Gasteiger partial charge in [-0.1, -0.05) is 6.07 Å². The Bertz CT molecular complexity index is 895. The highest BCUT2D eigenvalue weighted by atomic mass is 16.5. The fourth-order valence-electron chi connectivity index (χ4n) is 3.05. The predicted molar refractivity (Wildman–Crippen MR) is 98.3 cm³/mol. The van der Waals surface area contributed by atoms with E-state index in [1.165, 1.54) is 0 Å². The average Bonchev–Trinajstić information content (AvgIpc) is 3.04. The van der Waals surface area contributed by atoms with Crippen LogP contribution in [0.5, 0.6) is 0 Å². The molecule has 3 aromatic rings. The van der Waals surface area contributed by atoms with E-state index in [0.717, 1.165) is 48.5 Å². The van der Waals surface area contributed by atoms with E-state index in [1.807, 2.05) is 49.4 Å². The zero-order valence-corrected chi connectivity index (χ0v) is 14.1. The first kappa shape index (κ1) is 15.7. The van der Waals surface area contributed by atoms with Gasteiger partial charge in [0.2, 0.25) is 0 Å². The van der Waals surface area contributed by atoms with Crippen LogP contribution in [0, 0.1) is 6.92 Å². The molecule has 1 aliphatic heterocycles. The van der Waals surface area contributed by atoms with Gasteiger partial charge in [-0.05, 0) is 48.9 Å². The number of carbonyl (C=O) groups is 1. The van der Waals surface area contributed by atoms with Crippen LogP contribution in [-0.4, -0.2) is 42.4 Å². The molecule has 0 unspecified atom stereocenters. The van der Waals surface area contributed by atoms with Crippen LogP contribution in [0.25, 0.3) is 10.9 Å². The van der Waals surface area contributed by atoms with Gasteiger partial charge in [-0.2, -0.15) is 5.10 Å². The summed E-state index contributed by atoms with van der Waals surface area (Å²) in [5.41, 5.74) is 3.78. The number of benzene rings is 2. The summed E-state index contributed by atoms with van der Waals surface area (Å²) in [5, 5.41) is 11.0. The molecule has 2 heterocycles. The fraction of sp³-hybridized carbons (Fsp3) is 0.263. The Morgan fingerprint density at radius 2 is 1.92 bits per heavy atom. The van der Waals surface area contributed by atoms with Gasteiger partial charge in [0.05, 0.1) is 18.7 Å². The molecule has 4 rings (SSSR count). The van der Waals surface area contributed by atoms with Gasteiger partial charge in [-0.15, -0.1) is 0 Å². The summed E-state index contributed by atoms with van der Waals surface area (Å²) >= 11 is 0. The second kappa shape index (κ2) is 6.57. The number of anilines is 2.